The SMILES string of the molecule is Cc1ccc(-c2cnc(CCC(=O)NCC(C)(C)N3CCCC(C)C3)o2)cc1. The molecule has 5 nitrogen and oxygen atoms in total. The molecule has 1 fully saturated rings. The van der Waals surface area contributed by atoms with E-state index >= 15 is 0 Å². The number of hydrogen-bond acceptors (Lipinski definition) is 4. The molecule has 3 rings (SSSR count). The van der Waals surface area contributed by atoms with Crippen LogP contribution in [0.15, 0.2) is 34.9 Å². The van der Waals surface area contributed by atoms with Crippen molar-refractivity contribution in [1.29, 1.82) is 0 Å². The maximum atomic E-state index is 12.3. The van der Waals surface area contributed by atoms with E-state index in [0.29, 0.717) is 25.3 Å². The first-order valence-electron chi connectivity index (χ1n) is 10.4. The van der Waals surface area contributed by atoms with Gasteiger partial charge < -0.3 is 9.73 Å². The van der Waals surface area contributed by atoms with E-state index < -0.39 is 0 Å². The van der Waals surface area contributed by atoms with E-state index in [4.69, 9.17) is 4.42 Å². The number of oxazole rings is 1. The molecular formula is C23H33N3O2. The number of benzene rings is 1. The summed E-state index contributed by atoms with van der Waals surface area (Å²) in [5.74, 6) is 2.13. The highest BCUT2D eigenvalue weighted by atomic mass is 16.4. The number of aromatic nitrogens is 1. The number of carbonyl (C=O) groups excluding carboxylic acids is 1. The smallest absolute Gasteiger partial charge is 0.220 e. The van der Waals surface area contributed by atoms with Crippen molar-refractivity contribution >= 4 is 5.91 Å². The molecule has 1 aliphatic heterocycles. The van der Waals surface area contributed by atoms with Crippen LogP contribution in [0.3, 0.4) is 0 Å². The molecule has 2 aromatic rings. The Labute approximate surface area is 168 Å². The highest BCUT2D eigenvalue weighted by molar-refractivity contribution is 5.76. The normalized spacial score (nSPS) is 18.2. The molecule has 0 bridgehead atoms. The summed E-state index contributed by atoms with van der Waals surface area (Å²) in [6.45, 7) is 11.7. The second-order valence-electron chi connectivity index (χ2n) is 8.77. The van der Waals surface area contributed by atoms with Crippen LogP contribution in [0.1, 0.15) is 51.5 Å². The molecule has 152 valence electrons. The number of hydrogen-bond donors (Lipinski definition) is 1. The predicted molar refractivity (Wildman–Crippen MR) is 112 cm³/mol. The molecule has 1 aliphatic rings. The summed E-state index contributed by atoms with van der Waals surface area (Å²) >= 11 is 0. The van der Waals surface area contributed by atoms with Crippen molar-refractivity contribution < 1.29 is 9.21 Å². The van der Waals surface area contributed by atoms with Crippen molar-refractivity contribution in [3.05, 3.63) is 41.9 Å². The number of nitrogens with one attached hydrogen (secondary N) is 1. The second kappa shape index (κ2) is 8.91. The molecule has 1 unspecified atom stereocenters. The fourth-order valence-corrected chi connectivity index (χ4v) is 3.75. The Balaban J connectivity index is 1.46. The van der Waals surface area contributed by atoms with Crippen molar-refractivity contribution in [2.45, 2.75) is 58.9 Å². The molecule has 0 saturated carbocycles. The van der Waals surface area contributed by atoms with E-state index in [1.807, 2.05) is 12.1 Å². The van der Waals surface area contributed by atoms with Gasteiger partial charge in [-0.2, -0.15) is 0 Å². The zero-order chi connectivity index (χ0) is 20.1. The first-order chi connectivity index (χ1) is 13.3. The number of piperidine rings is 1. The molecule has 2 heterocycles. The average molecular weight is 384 g/mol. The summed E-state index contributed by atoms with van der Waals surface area (Å²) in [5.41, 5.74) is 2.19. The fraction of sp³-hybridized carbons (Fsp3) is 0.565. The minimum atomic E-state index is -0.0219. The van der Waals surface area contributed by atoms with Gasteiger partial charge in [0, 0.05) is 37.0 Å². The van der Waals surface area contributed by atoms with Crippen molar-refractivity contribution in [1.82, 2.24) is 15.2 Å². The summed E-state index contributed by atoms with van der Waals surface area (Å²) in [6, 6.07) is 8.15. The Morgan fingerprint density at radius 1 is 1.32 bits per heavy atom. The van der Waals surface area contributed by atoms with E-state index in [1.165, 1.54) is 18.4 Å². The third-order valence-corrected chi connectivity index (χ3v) is 5.69. The average Bonchev–Trinajstić information content (AvgIpc) is 3.14. The summed E-state index contributed by atoms with van der Waals surface area (Å²) in [6.07, 6.45) is 5.18. The second-order valence-corrected chi connectivity index (χ2v) is 8.77. The number of likely N-dealkylation sites (tertiary alicyclic amines) is 1. The standard InChI is InChI=1S/C23H33N3O2/c1-17-7-9-19(10-8-17)20-14-24-22(28-20)12-11-21(27)25-16-23(3,4)26-13-5-6-18(2)15-26/h7-10,14,18H,5-6,11-13,15-16H2,1-4H3,(H,25,27). The van der Waals surface area contributed by atoms with E-state index in [-0.39, 0.29) is 11.4 Å². The van der Waals surface area contributed by atoms with Gasteiger partial charge in [0.25, 0.3) is 0 Å². The summed E-state index contributed by atoms with van der Waals surface area (Å²) in [4.78, 5) is 19.2. The molecule has 28 heavy (non-hydrogen) atoms. The third-order valence-electron chi connectivity index (χ3n) is 5.69. The molecule has 1 atom stereocenters. The van der Waals surface area contributed by atoms with E-state index in [9.17, 15) is 4.79 Å². The van der Waals surface area contributed by atoms with Gasteiger partial charge in [0.2, 0.25) is 5.91 Å². The Kier molecular flexibility index (Phi) is 6.55. The maximum absolute atomic E-state index is 12.3. The zero-order valence-corrected chi connectivity index (χ0v) is 17.6. The highest BCUT2D eigenvalue weighted by Crippen LogP contribution is 2.24. The Hall–Kier alpha value is -2.14. The van der Waals surface area contributed by atoms with Crippen LogP contribution >= 0.6 is 0 Å². The van der Waals surface area contributed by atoms with E-state index in [0.717, 1.165) is 30.3 Å². The largest absolute Gasteiger partial charge is 0.441 e. The molecule has 1 saturated heterocycles. The predicted octanol–water partition coefficient (Wildman–Crippen LogP) is 4.21. The van der Waals surface area contributed by atoms with E-state index in [1.54, 1.807) is 6.20 Å². The maximum Gasteiger partial charge on any atom is 0.220 e. The number of nitrogens with zero attached hydrogens (tertiary/aromatic N) is 2. The lowest BCUT2D eigenvalue weighted by atomic mass is 9.93. The van der Waals surface area contributed by atoms with Crippen LogP contribution < -0.4 is 5.32 Å². The molecule has 1 aromatic heterocycles. The van der Waals surface area contributed by atoms with Crippen LogP contribution in [0.25, 0.3) is 11.3 Å². The number of amides is 1. The van der Waals surface area contributed by atoms with Gasteiger partial charge in [-0.3, -0.25) is 9.69 Å². The van der Waals surface area contributed by atoms with Gasteiger partial charge >= 0.3 is 0 Å². The summed E-state index contributed by atoms with van der Waals surface area (Å²) in [7, 11) is 0. The van der Waals surface area contributed by atoms with Gasteiger partial charge in [-0.25, -0.2) is 4.98 Å². The van der Waals surface area contributed by atoms with Crippen LogP contribution in [0.4, 0.5) is 0 Å². The van der Waals surface area contributed by atoms with Crippen molar-refractivity contribution in [2.75, 3.05) is 19.6 Å². The lowest BCUT2D eigenvalue weighted by molar-refractivity contribution is -0.121. The van der Waals surface area contributed by atoms with Gasteiger partial charge in [-0.15, -0.1) is 0 Å². The van der Waals surface area contributed by atoms with Gasteiger partial charge in [0.05, 0.1) is 6.20 Å². The Morgan fingerprint density at radius 3 is 2.79 bits per heavy atom. The minimum Gasteiger partial charge on any atom is -0.441 e. The lowest BCUT2D eigenvalue weighted by Gasteiger charge is -2.43. The van der Waals surface area contributed by atoms with Gasteiger partial charge in [0.1, 0.15) is 0 Å². The monoisotopic (exact) mass is 383 g/mol. The van der Waals surface area contributed by atoms with E-state index in [2.05, 4.69) is 55.0 Å². The van der Waals surface area contributed by atoms with Crippen LogP contribution in [-0.2, 0) is 11.2 Å². The topological polar surface area (TPSA) is 58.4 Å². The molecule has 0 aliphatic carbocycles. The Bertz CT molecular complexity index is 779. The first kappa shape index (κ1) is 20.6. The summed E-state index contributed by atoms with van der Waals surface area (Å²) < 4.78 is 5.81. The van der Waals surface area contributed by atoms with Crippen molar-refractivity contribution in [3.63, 3.8) is 0 Å². The van der Waals surface area contributed by atoms with Crippen LogP contribution in [0.5, 0.6) is 0 Å². The number of aryl methyl sites for hydroxylation is 2. The molecule has 1 aromatic carbocycles. The van der Waals surface area contributed by atoms with Gasteiger partial charge in [-0.1, -0.05) is 36.8 Å². The lowest BCUT2D eigenvalue weighted by Crippen LogP contribution is -2.54. The number of rotatable bonds is 7. The minimum absolute atomic E-state index is 0.0219. The van der Waals surface area contributed by atoms with Gasteiger partial charge in [-0.05, 0) is 46.1 Å². The molecule has 0 radical (unpaired) electrons. The van der Waals surface area contributed by atoms with Gasteiger partial charge in [0.15, 0.2) is 11.7 Å². The molecular weight excluding hydrogens is 350 g/mol. The third kappa shape index (κ3) is 5.44. The van der Waals surface area contributed by atoms with Crippen LogP contribution in [0, 0.1) is 12.8 Å². The molecule has 1 amide bonds. The first-order valence-corrected chi connectivity index (χ1v) is 10.4. The van der Waals surface area contributed by atoms with Crippen LogP contribution in [-0.4, -0.2) is 41.0 Å². The summed E-state index contributed by atoms with van der Waals surface area (Å²) in [5, 5.41) is 3.10. The Morgan fingerprint density at radius 2 is 2.07 bits per heavy atom. The molecule has 1 N–H and O–H groups in total. The highest BCUT2D eigenvalue weighted by Gasteiger charge is 2.30. The van der Waals surface area contributed by atoms with Crippen molar-refractivity contribution in [2.24, 2.45) is 5.92 Å². The zero-order valence-electron chi connectivity index (χ0n) is 17.6. The molecule has 0 spiro atoms. The number of carbonyl (C=O) groups is 1. The van der Waals surface area contributed by atoms with Crippen LogP contribution in [0.2, 0.25) is 0 Å². The quantitative estimate of drug-likeness (QED) is 0.778. The van der Waals surface area contributed by atoms with Crippen molar-refractivity contribution in [3.8, 4) is 11.3 Å². The fourth-order valence-electron chi connectivity index (χ4n) is 3.75. The molecule has 5 heteroatoms.